The van der Waals surface area contributed by atoms with Crippen LogP contribution in [0.3, 0.4) is 0 Å². The minimum absolute atomic E-state index is 0.111. The second-order valence-electron chi connectivity index (χ2n) is 4.95. The van der Waals surface area contributed by atoms with Gasteiger partial charge in [0.05, 0.1) is 0 Å². The average Bonchev–Trinajstić information content (AvgIpc) is 2.35. The highest BCUT2D eigenvalue weighted by atomic mass is 19.1. The van der Waals surface area contributed by atoms with Crippen molar-refractivity contribution in [3.8, 4) is 0 Å². The van der Waals surface area contributed by atoms with Crippen LogP contribution in [0, 0.1) is 5.82 Å². The van der Waals surface area contributed by atoms with E-state index in [1.54, 1.807) is 6.07 Å². The zero-order valence-electron chi connectivity index (χ0n) is 10.5. The lowest BCUT2D eigenvalue weighted by molar-refractivity contribution is 0.151. The van der Waals surface area contributed by atoms with Crippen molar-refractivity contribution >= 4 is 0 Å². The van der Waals surface area contributed by atoms with Gasteiger partial charge in [-0.2, -0.15) is 0 Å². The van der Waals surface area contributed by atoms with Crippen molar-refractivity contribution in [2.24, 2.45) is 5.73 Å². The third-order valence-electron chi connectivity index (χ3n) is 3.66. The number of hydrogen-bond acceptors (Lipinski definition) is 2. The van der Waals surface area contributed by atoms with Gasteiger partial charge in [0, 0.05) is 24.7 Å². The molecule has 0 aromatic heterocycles. The molecule has 94 valence electrons. The highest BCUT2D eigenvalue weighted by Gasteiger charge is 2.19. The first-order valence-corrected chi connectivity index (χ1v) is 6.42. The minimum Gasteiger partial charge on any atom is -0.326 e. The van der Waals surface area contributed by atoms with Gasteiger partial charge < -0.3 is 5.73 Å². The third-order valence-corrected chi connectivity index (χ3v) is 3.66. The molecule has 0 radical (unpaired) electrons. The van der Waals surface area contributed by atoms with Crippen LogP contribution in [0.2, 0.25) is 0 Å². The number of hydrogen-bond donors (Lipinski definition) is 1. The van der Waals surface area contributed by atoms with Crippen LogP contribution in [0.15, 0.2) is 18.2 Å². The van der Waals surface area contributed by atoms with E-state index < -0.39 is 0 Å². The molecule has 1 aromatic rings. The summed E-state index contributed by atoms with van der Waals surface area (Å²) in [5.41, 5.74) is 7.38. The molecule has 1 unspecified atom stereocenters. The van der Waals surface area contributed by atoms with Gasteiger partial charge in [-0.1, -0.05) is 18.6 Å². The Kier molecular flexibility index (Phi) is 4.13. The fourth-order valence-corrected chi connectivity index (χ4v) is 2.49. The second kappa shape index (κ2) is 5.61. The molecule has 1 saturated heterocycles. The molecule has 0 amide bonds. The minimum atomic E-state index is -0.111. The van der Waals surface area contributed by atoms with Gasteiger partial charge in [0.25, 0.3) is 0 Å². The van der Waals surface area contributed by atoms with Gasteiger partial charge in [0.2, 0.25) is 0 Å². The van der Waals surface area contributed by atoms with Crippen molar-refractivity contribution in [2.45, 2.75) is 45.3 Å². The van der Waals surface area contributed by atoms with Crippen molar-refractivity contribution < 1.29 is 4.39 Å². The van der Waals surface area contributed by atoms with E-state index in [0.29, 0.717) is 19.1 Å². The molecule has 1 heterocycles. The molecule has 1 aliphatic rings. The molecule has 1 atom stereocenters. The Morgan fingerprint density at radius 3 is 2.94 bits per heavy atom. The normalized spacial score (nSPS) is 21.7. The fraction of sp³-hybridized carbons (Fsp3) is 0.571. The smallest absolute Gasteiger partial charge is 0.127 e. The Morgan fingerprint density at radius 1 is 1.41 bits per heavy atom. The average molecular weight is 236 g/mol. The third kappa shape index (κ3) is 3.05. The monoisotopic (exact) mass is 236 g/mol. The summed E-state index contributed by atoms with van der Waals surface area (Å²) in [5, 5.41) is 0. The van der Waals surface area contributed by atoms with Gasteiger partial charge in [-0.25, -0.2) is 4.39 Å². The number of halogens is 1. The summed E-state index contributed by atoms with van der Waals surface area (Å²) >= 11 is 0. The Morgan fingerprint density at radius 2 is 2.24 bits per heavy atom. The lowest BCUT2D eigenvalue weighted by atomic mass is 10.0. The number of piperidine rings is 1. The SMILES string of the molecule is CC1CCCCN1Cc1cc(CN)ccc1F. The van der Waals surface area contributed by atoms with Crippen LogP contribution < -0.4 is 5.73 Å². The Hall–Kier alpha value is -0.930. The van der Waals surface area contributed by atoms with E-state index in [1.807, 2.05) is 6.07 Å². The van der Waals surface area contributed by atoms with E-state index in [-0.39, 0.29) is 5.82 Å². The Balaban J connectivity index is 2.11. The quantitative estimate of drug-likeness (QED) is 0.874. The van der Waals surface area contributed by atoms with Crippen LogP contribution in [0.1, 0.15) is 37.3 Å². The number of nitrogens with zero attached hydrogens (tertiary/aromatic N) is 1. The first kappa shape index (κ1) is 12.5. The molecule has 0 bridgehead atoms. The zero-order chi connectivity index (χ0) is 12.3. The van der Waals surface area contributed by atoms with E-state index in [9.17, 15) is 4.39 Å². The Bertz CT molecular complexity index is 378. The van der Waals surface area contributed by atoms with Crippen molar-refractivity contribution in [3.05, 3.63) is 35.1 Å². The summed E-state index contributed by atoms with van der Waals surface area (Å²) in [6, 6.07) is 5.76. The molecule has 0 aliphatic carbocycles. The topological polar surface area (TPSA) is 29.3 Å². The largest absolute Gasteiger partial charge is 0.326 e. The number of rotatable bonds is 3. The van der Waals surface area contributed by atoms with Crippen LogP contribution in [0.4, 0.5) is 4.39 Å². The van der Waals surface area contributed by atoms with Crippen LogP contribution in [-0.4, -0.2) is 17.5 Å². The first-order valence-electron chi connectivity index (χ1n) is 6.42. The molecule has 17 heavy (non-hydrogen) atoms. The predicted octanol–water partition coefficient (Wildman–Crippen LogP) is 2.66. The van der Waals surface area contributed by atoms with Gasteiger partial charge in [0.15, 0.2) is 0 Å². The van der Waals surface area contributed by atoms with Crippen LogP contribution >= 0.6 is 0 Å². The molecule has 0 saturated carbocycles. The number of nitrogens with two attached hydrogens (primary N) is 1. The zero-order valence-corrected chi connectivity index (χ0v) is 10.5. The first-order chi connectivity index (χ1) is 8.20. The van der Waals surface area contributed by atoms with Crippen LogP contribution in [-0.2, 0) is 13.1 Å². The van der Waals surface area contributed by atoms with Gasteiger partial charge in [0.1, 0.15) is 5.82 Å². The summed E-state index contributed by atoms with van der Waals surface area (Å²) in [6.07, 6.45) is 3.74. The Labute approximate surface area is 103 Å². The summed E-state index contributed by atoms with van der Waals surface area (Å²) < 4.78 is 13.7. The van der Waals surface area contributed by atoms with Gasteiger partial charge in [-0.3, -0.25) is 4.90 Å². The lowest BCUT2D eigenvalue weighted by Crippen LogP contribution is -2.37. The highest BCUT2D eigenvalue weighted by molar-refractivity contribution is 5.25. The maximum Gasteiger partial charge on any atom is 0.127 e. The van der Waals surface area contributed by atoms with E-state index in [2.05, 4.69) is 11.8 Å². The lowest BCUT2D eigenvalue weighted by Gasteiger charge is -2.33. The molecule has 1 aromatic carbocycles. The van der Waals surface area contributed by atoms with Crippen molar-refractivity contribution in [1.82, 2.24) is 4.90 Å². The fourth-order valence-electron chi connectivity index (χ4n) is 2.49. The molecule has 0 spiro atoms. The molecular weight excluding hydrogens is 215 g/mol. The maximum absolute atomic E-state index is 13.7. The van der Waals surface area contributed by atoms with E-state index in [4.69, 9.17) is 5.73 Å². The van der Waals surface area contributed by atoms with Crippen LogP contribution in [0.25, 0.3) is 0 Å². The summed E-state index contributed by atoms with van der Waals surface area (Å²) in [4.78, 5) is 2.36. The van der Waals surface area contributed by atoms with Gasteiger partial charge in [-0.05, 0) is 37.9 Å². The summed E-state index contributed by atoms with van der Waals surface area (Å²) in [5.74, 6) is -0.111. The molecule has 2 rings (SSSR count). The number of benzene rings is 1. The molecule has 3 heteroatoms. The standard InChI is InChI=1S/C14H21FN2/c1-11-4-2-3-7-17(11)10-13-8-12(9-16)5-6-14(13)15/h5-6,8,11H,2-4,7,9-10,16H2,1H3. The van der Waals surface area contributed by atoms with Crippen molar-refractivity contribution in [1.29, 1.82) is 0 Å². The van der Waals surface area contributed by atoms with E-state index >= 15 is 0 Å². The van der Waals surface area contributed by atoms with E-state index in [0.717, 1.165) is 17.7 Å². The number of likely N-dealkylation sites (tertiary alicyclic amines) is 1. The molecule has 1 aliphatic heterocycles. The van der Waals surface area contributed by atoms with Gasteiger partial charge in [-0.15, -0.1) is 0 Å². The van der Waals surface area contributed by atoms with Crippen molar-refractivity contribution in [2.75, 3.05) is 6.54 Å². The van der Waals surface area contributed by atoms with Crippen LogP contribution in [0.5, 0.6) is 0 Å². The second-order valence-corrected chi connectivity index (χ2v) is 4.95. The van der Waals surface area contributed by atoms with Gasteiger partial charge >= 0.3 is 0 Å². The molecule has 2 N–H and O–H groups in total. The maximum atomic E-state index is 13.7. The molecular formula is C14H21FN2. The molecule has 2 nitrogen and oxygen atoms in total. The summed E-state index contributed by atoms with van der Waals surface area (Å²) in [6.45, 7) is 4.49. The highest BCUT2D eigenvalue weighted by Crippen LogP contribution is 2.21. The van der Waals surface area contributed by atoms with E-state index in [1.165, 1.54) is 25.3 Å². The summed E-state index contributed by atoms with van der Waals surface area (Å²) in [7, 11) is 0. The van der Waals surface area contributed by atoms with Crippen molar-refractivity contribution in [3.63, 3.8) is 0 Å². The molecule has 1 fully saturated rings. The predicted molar refractivity (Wildman–Crippen MR) is 68.0 cm³/mol.